The van der Waals surface area contributed by atoms with E-state index in [2.05, 4.69) is 5.32 Å². The predicted octanol–water partition coefficient (Wildman–Crippen LogP) is 1.32. The maximum absolute atomic E-state index is 12.3. The summed E-state index contributed by atoms with van der Waals surface area (Å²) in [5.74, 6) is 0. The van der Waals surface area contributed by atoms with Crippen LogP contribution in [-0.2, 0) is 4.74 Å². The van der Waals surface area contributed by atoms with Gasteiger partial charge in [0.25, 0.3) is 0 Å². The van der Waals surface area contributed by atoms with Crippen molar-refractivity contribution in [3.63, 3.8) is 0 Å². The fourth-order valence-corrected chi connectivity index (χ4v) is 1.21. The van der Waals surface area contributed by atoms with Crippen molar-refractivity contribution in [2.75, 3.05) is 13.1 Å². The van der Waals surface area contributed by atoms with E-state index < -0.39 is 11.8 Å². The van der Waals surface area contributed by atoms with Crippen LogP contribution < -0.4 is 5.32 Å². The molecule has 72 valence electrons. The zero-order valence-corrected chi connectivity index (χ0v) is 7.03. The first-order valence-corrected chi connectivity index (χ1v) is 3.80. The number of hydrogen-bond donors (Lipinski definition) is 1. The molecule has 0 aliphatic carbocycles. The number of ether oxygens (including phenoxy) is 1. The number of nitrogens with one attached hydrogen (secondary N) is 1. The molecule has 2 unspecified atom stereocenters. The Bertz CT molecular complexity index is 171. The maximum atomic E-state index is 12.3. The molecule has 1 aliphatic heterocycles. The van der Waals surface area contributed by atoms with Crippen LogP contribution in [0.15, 0.2) is 0 Å². The lowest BCUT2D eigenvalue weighted by Crippen LogP contribution is -2.59. The predicted molar refractivity (Wildman–Crippen MR) is 37.9 cm³/mol. The van der Waals surface area contributed by atoms with E-state index in [9.17, 15) is 13.2 Å². The Morgan fingerprint density at radius 1 is 1.50 bits per heavy atom. The Labute approximate surface area is 69.1 Å². The molecule has 1 heterocycles. The second kappa shape index (κ2) is 2.88. The fourth-order valence-electron chi connectivity index (χ4n) is 1.21. The van der Waals surface area contributed by atoms with Gasteiger partial charge in [-0.1, -0.05) is 0 Å². The fraction of sp³-hybridized carbons (Fsp3) is 1.00. The largest absolute Gasteiger partial charge is 0.418 e. The van der Waals surface area contributed by atoms with Gasteiger partial charge >= 0.3 is 6.18 Å². The zero-order chi connectivity index (χ0) is 9.41. The van der Waals surface area contributed by atoms with Crippen LogP contribution in [0, 0.1) is 0 Å². The average molecular weight is 183 g/mol. The molecule has 12 heavy (non-hydrogen) atoms. The molecule has 1 saturated heterocycles. The van der Waals surface area contributed by atoms with Crippen molar-refractivity contribution in [3.8, 4) is 0 Å². The lowest BCUT2D eigenvalue weighted by atomic mass is 10.0. The van der Waals surface area contributed by atoms with Crippen LogP contribution in [0.25, 0.3) is 0 Å². The highest BCUT2D eigenvalue weighted by molar-refractivity contribution is 4.90. The van der Waals surface area contributed by atoms with Gasteiger partial charge in [0.1, 0.15) is 0 Å². The van der Waals surface area contributed by atoms with E-state index in [0.717, 1.165) is 6.92 Å². The Morgan fingerprint density at radius 2 is 2.08 bits per heavy atom. The van der Waals surface area contributed by atoms with E-state index in [1.807, 2.05) is 0 Å². The number of morpholine rings is 1. The number of alkyl halides is 3. The molecule has 2 atom stereocenters. The molecule has 0 spiro atoms. The Hall–Kier alpha value is -0.290. The van der Waals surface area contributed by atoms with Crippen molar-refractivity contribution in [1.29, 1.82) is 0 Å². The van der Waals surface area contributed by atoms with Crippen molar-refractivity contribution in [3.05, 3.63) is 0 Å². The molecule has 0 aromatic heterocycles. The Kier molecular flexibility index (Phi) is 2.35. The van der Waals surface area contributed by atoms with E-state index in [1.54, 1.807) is 6.92 Å². The molecule has 1 aliphatic rings. The smallest absolute Gasteiger partial charge is 0.360 e. The van der Waals surface area contributed by atoms with E-state index in [1.165, 1.54) is 0 Å². The van der Waals surface area contributed by atoms with E-state index >= 15 is 0 Å². The molecule has 2 nitrogen and oxygen atoms in total. The first-order valence-electron chi connectivity index (χ1n) is 3.80. The molecule has 0 amide bonds. The molecule has 0 bridgehead atoms. The summed E-state index contributed by atoms with van der Waals surface area (Å²) in [4.78, 5) is 0. The van der Waals surface area contributed by atoms with Gasteiger partial charge in [-0.25, -0.2) is 0 Å². The Balaban J connectivity index is 2.70. The lowest BCUT2D eigenvalue weighted by molar-refractivity contribution is -0.288. The second-order valence-electron chi connectivity index (χ2n) is 3.29. The first kappa shape index (κ1) is 9.80. The summed E-state index contributed by atoms with van der Waals surface area (Å²) in [5.41, 5.74) is -2.02. The topological polar surface area (TPSA) is 21.3 Å². The van der Waals surface area contributed by atoms with Crippen LogP contribution in [0.5, 0.6) is 0 Å². The highest BCUT2D eigenvalue weighted by Gasteiger charge is 2.54. The number of hydrogen-bond acceptors (Lipinski definition) is 2. The van der Waals surface area contributed by atoms with Crippen LogP contribution >= 0.6 is 0 Å². The Morgan fingerprint density at radius 3 is 2.42 bits per heavy atom. The summed E-state index contributed by atoms with van der Waals surface area (Å²) >= 11 is 0. The third-order valence-corrected chi connectivity index (χ3v) is 1.96. The summed E-state index contributed by atoms with van der Waals surface area (Å²) in [7, 11) is 0. The first-order chi connectivity index (χ1) is 5.35. The third-order valence-electron chi connectivity index (χ3n) is 1.96. The monoisotopic (exact) mass is 183 g/mol. The molecule has 0 radical (unpaired) electrons. The van der Waals surface area contributed by atoms with Gasteiger partial charge in [-0.2, -0.15) is 13.2 Å². The normalized spacial score (nSPS) is 38.2. The molecule has 5 heteroatoms. The van der Waals surface area contributed by atoms with Crippen molar-refractivity contribution in [2.45, 2.75) is 31.7 Å². The molecule has 1 N–H and O–H groups in total. The van der Waals surface area contributed by atoms with Gasteiger partial charge in [-0.3, -0.25) is 0 Å². The summed E-state index contributed by atoms with van der Waals surface area (Å²) in [5, 5.41) is 2.69. The van der Waals surface area contributed by atoms with Crippen LogP contribution in [0.2, 0.25) is 0 Å². The van der Waals surface area contributed by atoms with E-state index in [-0.39, 0.29) is 12.6 Å². The van der Waals surface area contributed by atoms with Gasteiger partial charge in [0.2, 0.25) is 0 Å². The van der Waals surface area contributed by atoms with E-state index in [0.29, 0.717) is 6.54 Å². The molecule has 0 aromatic rings. The highest BCUT2D eigenvalue weighted by atomic mass is 19.4. The van der Waals surface area contributed by atoms with Crippen molar-refractivity contribution in [1.82, 2.24) is 5.32 Å². The van der Waals surface area contributed by atoms with Gasteiger partial charge in [0.15, 0.2) is 5.60 Å². The van der Waals surface area contributed by atoms with Crippen LogP contribution in [0.3, 0.4) is 0 Å². The summed E-state index contributed by atoms with van der Waals surface area (Å²) < 4.78 is 41.9. The van der Waals surface area contributed by atoms with Gasteiger partial charge in [0, 0.05) is 13.1 Å². The third kappa shape index (κ3) is 1.72. The van der Waals surface area contributed by atoms with Crippen LogP contribution in [0.4, 0.5) is 13.2 Å². The van der Waals surface area contributed by atoms with Crippen LogP contribution in [-0.4, -0.2) is 31.0 Å². The van der Waals surface area contributed by atoms with Gasteiger partial charge < -0.3 is 10.1 Å². The average Bonchev–Trinajstić information content (AvgIpc) is 1.83. The molecule has 1 rings (SSSR count). The summed E-state index contributed by atoms with van der Waals surface area (Å²) in [6.45, 7) is 3.00. The quantitative estimate of drug-likeness (QED) is 0.611. The van der Waals surface area contributed by atoms with E-state index in [4.69, 9.17) is 4.74 Å². The second-order valence-corrected chi connectivity index (χ2v) is 3.29. The summed E-state index contributed by atoms with van der Waals surface area (Å²) in [6, 6.07) is 0. The van der Waals surface area contributed by atoms with Gasteiger partial charge in [0.05, 0.1) is 6.10 Å². The molecule has 1 fully saturated rings. The van der Waals surface area contributed by atoms with Crippen molar-refractivity contribution >= 4 is 0 Å². The minimum Gasteiger partial charge on any atom is -0.360 e. The van der Waals surface area contributed by atoms with Crippen molar-refractivity contribution in [2.24, 2.45) is 0 Å². The lowest BCUT2D eigenvalue weighted by Gasteiger charge is -2.39. The van der Waals surface area contributed by atoms with Crippen molar-refractivity contribution < 1.29 is 17.9 Å². The SMILES string of the molecule is CC1CNCC(C)(C(F)(F)F)O1. The standard InChI is InChI=1S/C7H12F3NO/c1-5-3-11-4-6(2,12-5)7(8,9)10/h5,11H,3-4H2,1-2H3. The minimum absolute atomic E-state index is 0.166. The number of rotatable bonds is 0. The minimum atomic E-state index is -4.30. The highest BCUT2D eigenvalue weighted by Crippen LogP contribution is 2.35. The molecular formula is C7H12F3NO. The molecule has 0 saturated carbocycles. The molecule has 0 aromatic carbocycles. The maximum Gasteiger partial charge on any atom is 0.418 e. The number of halogens is 3. The zero-order valence-electron chi connectivity index (χ0n) is 7.03. The van der Waals surface area contributed by atoms with Crippen LogP contribution in [0.1, 0.15) is 13.8 Å². The summed E-state index contributed by atoms with van der Waals surface area (Å²) in [6.07, 6.45) is -4.68. The van der Waals surface area contributed by atoms with Gasteiger partial charge in [-0.15, -0.1) is 0 Å². The molecular weight excluding hydrogens is 171 g/mol. The van der Waals surface area contributed by atoms with Gasteiger partial charge in [-0.05, 0) is 13.8 Å².